The lowest BCUT2D eigenvalue weighted by atomic mass is 10.1. The van der Waals surface area contributed by atoms with Gasteiger partial charge in [-0.25, -0.2) is 10.3 Å². The molecule has 0 aliphatic heterocycles. The average molecular weight is 235 g/mol. The van der Waals surface area contributed by atoms with Gasteiger partial charge in [0.05, 0.1) is 12.2 Å². The fourth-order valence-corrected chi connectivity index (χ4v) is 1.19. The van der Waals surface area contributed by atoms with Gasteiger partial charge in [-0.05, 0) is 12.5 Å². The fourth-order valence-electron chi connectivity index (χ4n) is 1.19. The summed E-state index contributed by atoms with van der Waals surface area (Å²) in [6.07, 6.45) is 0.993. The first-order valence-electron chi connectivity index (χ1n) is 5.07. The third-order valence-electron chi connectivity index (χ3n) is 1.91. The zero-order chi connectivity index (χ0) is 12.7. The van der Waals surface area contributed by atoms with E-state index in [2.05, 4.69) is 10.3 Å². The molecule has 90 valence electrons. The van der Waals surface area contributed by atoms with E-state index in [1.807, 2.05) is 0 Å². The molecule has 0 atom stereocenters. The van der Waals surface area contributed by atoms with E-state index in [0.29, 0.717) is 12.2 Å². The van der Waals surface area contributed by atoms with Crippen LogP contribution in [0.4, 0.5) is 0 Å². The van der Waals surface area contributed by atoms with E-state index < -0.39 is 11.9 Å². The number of aliphatic carboxylic acids is 1. The highest BCUT2D eigenvalue weighted by Crippen LogP contribution is 2.13. The molecule has 0 aromatic heterocycles. The minimum absolute atomic E-state index is 0.0807. The van der Waals surface area contributed by atoms with Crippen LogP contribution in [-0.4, -0.2) is 23.6 Å². The predicted octanol–water partition coefficient (Wildman–Crippen LogP) is 1.22. The Labute approximate surface area is 98.7 Å². The summed E-state index contributed by atoms with van der Waals surface area (Å²) in [5.74, 6) is -1.77. The zero-order valence-corrected chi connectivity index (χ0v) is 9.34. The van der Waals surface area contributed by atoms with Crippen LogP contribution in [0.1, 0.15) is 12.5 Å². The number of nitrogens with one attached hydrogen (secondary N) is 1. The number of hydrogen-bond acceptors (Lipinski definition) is 3. The Morgan fingerprint density at radius 3 is 2.53 bits per heavy atom. The van der Waals surface area contributed by atoms with Crippen LogP contribution >= 0.6 is 0 Å². The Morgan fingerprint density at radius 1 is 1.35 bits per heavy atom. The minimum atomic E-state index is -1.16. The summed E-state index contributed by atoms with van der Waals surface area (Å²) >= 11 is 0. The molecule has 1 aromatic rings. The SMILES string of the molecule is CCONC(=O)C=C(C(=O)O)c1ccccc1. The van der Waals surface area contributed by atoms with E-state index in [0.717, 1.165) is 6.08 Å². The summed E-state index contributed by atoms with van der Waals surface area (Å²) in [4.78, 5) is 27.0. The highest BCUT2D eigenvalue weighted by molar-refractivity contribution is 6.20. The third-order valence-corrected chi connectivity index (χ3v) is 1.91. The monoisotopic (exact) mass is 235 g/mol. The molecule has 5 nitrogen and oxygen atoms in total. The Bertz CT molecular complexity index is 425. The van der Waals surface area contributed by atoms with Crippen molar-refractivity contribution in [2.24, 2.45) is 0 Å². The molecule has 0 heterocycles. The number of carboxylic acids is 1. The van der Waals surface area contributed by atoms with E-state index in [1.165, 1.54) is 0 Å². The van der Waals surface area contributed by atoms with Crippen LogP contribution < -0.4 is 5.48 Å². The summed E-state index contributed by atoms with van der Waals surface area (Å²) < 4.78 is 0. The molecule has 0 radical (unpaired) electrons. The molecule has 1 rings (SSSR count). The molecule has 0 fully saturated rings. The maximum absolute atomic E-state index is 11.3. The summed E-state index contributed by atoms with van der Waals surface area (Å²) in [5, 5.41) is 9.01. The first kappa shape index (κ1) is 12.9. The predicted molar refractivity (Wildman–Crippen MR) is 61.8 cm³/mol. The van der Waals surface area contributed by atoms with Gasteiger partial charge >= 0.3 is 5.97 Å². The second kappa shape index (κ2) is 6.44. The smallest absolute Gasteiger partial charge is 0.336 e. The largest absolute Gasteiger partial charge is 0.478 e. The second-order valence-electron chi connectivity index (χ2n) is 3.13. The van der Waals surface area contributed by atoms with Crippen LogP contribution in [0.5, 0.6) is 0 Å². The molecule has 5 heteroatoms. The van der Waals surface area contributed by atoms with Crippen molar-refractivity contribution in [2.75, 3.05) is 6.61 Å². The molecular weight excluding hydrogens is 222 g/mol. The van der Waals surface area contributed by atoms with Gasteiger partial charge < -0.3 is 5.11 Å². The van der Waals surface area contributed by atoms with E-state index in [-0.39, 0.29) is 5.57 Å². The van der Waals surface area contributed by atoms with Crippen LogP contribution in [0.3, 0.4) is 0 Å². The van der Waals surface area contributed by atoms with Gasteiger partial charge in [-0.2, -0.15) is 0 Å². The van der Waals surface area contributed by atoms with Crippen molar-refractivity contribution in [1.82, 2.24) is 5.48 Å². The van der Waals surface area contributed by atoms with Crippen molar-refractivity contribution in [3.63, 3.8) is 0 Å². The van der Waals surface area contributed by atoms with Gasteiger partial charge in [0.2, 0.25) is 0 Å². The number of hydrogen-bond donors (Lipinski definition) is 2. The van der Waals surface area contributed by atoms with Gasteiger partial charge in [-0.3, -0.25) is 9.63 Å². The number of amides is 1. The number of carboxylic acid groups (broad SMARTS) is 1. The summed E-state index contributed by atoms with van der Waals surface area (Å²) in [5.41, 5.74) is 2.49. The Morgan fingerprint density at radius 2 is 2.00 bits per heavy atom. The maximum atomic E-state index is 11.3. The van der Waals surface area contributed by atoms with Crippen LogP contribution in [0.2, 0.25) is 0 Å². The number of carbonyl (C=O) groups excluding carboxylic acids is 1. The van der Waals surface area contributed by atoms with Crippen molar-refractivity contribution in [2.45, 2.75) is 6.92 Å². The van der Waals surface area contributed by atoms with Gasteiger partial charge in [-0.1, -0.05) is 30.3 Å². The number of carbonyl (C=O) groups is 2. The number of benzene rings is 1. The van der Waals surface area contributed by atoms with Crippen LogP contribution in [0.25, 0.3) is 5.57 Å². The van der Waals surface area contributed by atoms with Crippen LogP contribution in [-0.2, 0) is 14.4 Å². The van der Waals surface area contributed by atoms with E-state index in [9.17, 15) is 9.59 Å². The molecule has 1 aromatic carbocycles. The molecule has 2 N–H and O–H groups in total. The molecule has 0 bridgehead atoms. The summed E-state index contributed by atoms with van der Waals surface area (Å²) in [7, 11) is 0. The van der Waals surface area contributed by atoms with Gasteiger partial charge in [0.1, 0.15) is 0 Å². The van der Waals surface area contributed by atoms with Crippen molar-refractivity contribution >= 4 is 17.4 Å². The molecule has 0 saturated heterocycles. The van der Waals surface area contributed by atoms with Gasteiger partial charge in [0.15, 0.2) is 0 Å². The highest BCUT2D eigenvalue weighted by atomic mass is 16.6. The third kappa shape index (κ3) is 4.08. The fraction of sp³-hybridized carbons (Fsp3) is 0.167. The van der Waals surface area contributed by atoms with Crippen LogP contribution in [0.15, 0.2) is 36.4 Å². The number of hydroxylamine groups is 1. The second-order valence-corrected chi connectivity index (χ2v) is 3.13. The molecule has 0 spiro atoms. The molecule has 0 aliphatic rings. The molecule has 1 amide bonds. The van der Waals surface area contributed by atoms with Crippen molar-refractivity contribution in [3.8, 4) is 0 Å². The lowest BCUT2D eigenvalue weighted by molar-refractivity contribution is -0.131. The normalized spacial score (nSPS) is 11.0. The summed E-state index contributed by atoms with van der Waals surface area (Å²) in [6, 6.07) is 8.41. The first-order chi connectivity index (χ1) is 8.15. The Hall–Kier alpha value is -2.14. The lowest BCUT2D eigenvalue weighted by Gasteiger charge is -2.03. The minimum Gasteiger partial charge on any atom is -0.478 e. The highest BCUT2D eigenvalue weighted by Gasteiger charge is 2.11. The van der Waals surface area contributed by atoms with Crippen molar-refractivity contribution in [3.05, 3.63) is 42.0 Å². The summed E-state index contributed by atoms with van der Waals surface area (Å²) in [6.45, 7) is 2.02. The van der Waals surface area contributed by atoms with Crippen molar-refractivity contribution < 1.29 is 19.5 Å². The van der Waals surface area contributed by atoms with Gasteiger partial charge in [0, 0.05) is 6.08 Å². The zero-order valence-electron chi connectivity index (χ0n) is 9.34. The molecular formula is C12H13NO4. The average Bonchev–Trinajstić information content (AvgIpc) is 2.34. The van der Waals surface area contributed by atoms with Gasteiger partial charge in [-0.15, -0.1) is 0 Å². The van der Waals surface area contributed by atoms with Gasteiger partial charge in [0.25, 0.3) is 5.91 Å². The molecule has 0 aliphatic carbocycles. The maximum Gasteiger partial charge on any atom is 0.336 e. The molecule has 17 heavy (non-hydrogen) atoms. The molecule has 0 saturated carbocycles. The first-order valence-corrected chi connectivity index (χ1v) is 5.07. The Balaban J connectivity index is 2.91. The standard InChI is InChI=1S/C12H13NO4/c1-2-17-13-11(14)8-10(12(15)16)9-6-4-3-5-7-9/h3-8H,2H2,1H3,(H,13,14)(H,15,16). The quantitative estimate of drug-likeness (QED) is 0.594. The van der Waals surface area contributed by atoms with E-state index in [4.69, 9.17) is 5.11 Å². The van der Waals surface area contributed by atoms with E-state index in [1.54, 1.807) is 37.3 Å². The lowest BCUT2D eigenvalue weighted by Crippen LogP contribution is -2.22. The Kier molecular flexibility index (Phi) is 4.90. The van der Waals surface area contributed by atoms with E-state index >= 15 is 0 Å². The topological polar surface area (TPSA) is 75.6 Å². The molecule has 0 unspecified atom stereocenters. The van der Waals surface area contributed by atoms with Crippen LogP contribution in [0, 0.1) is 0 Å². The number of rotatable bonds is 5. The van der Waals surface area contributed by atoms with Crippen molar-refractivity contribution in [1.29, 1.82) is 0 Å².